The van der Waals surface area contributed by atoms with E-state index < -0.39 is 0 Å². The van der Waals surface area contributed by atoms with Crippen molar-refractivity contribution in [2.24, 2.45) is 0 Å². The number of rotatable bonds is 3. The van der Waals surface area contributed by atoms with E-state index in [4.69, 9.17) is 9.47 Å². The minimum absolute atomic E-state index is 0.912. The van der Waals surface area contributed by atoms with E-state index in [0.717, 1.165) is 16.9 Å². The summed E-state index contributed by atoms with van der Waals surface area (Å²) in [6.07, 6.45) is 3.56. The lowest BCUT2D eigenvalue weighted by atomic mass is 10.1. The first-order valence-electron chi connectivity index (χ1n) is 4.12. The Hall–Kier alpha value is -1.44. The van der Waals surface area contributed by atoms with E-state index in [-0.39, 0.29) is 0 Å². The summed E-state index contributed by atoms with van der Waals surface area (Å²) in [5, 5.41) is 0. The van der Waals surface area contributed by atoms with Crippen molar-refractivity contribution in [2.75, 3.05) is 14.2 Å². The molecule has 0 bridgehead atoms. The Labute approximate surface area is 78.8 Å². The molecule has 0 heterocycles. The van der Waals surface area contributed by atoms with Gasteiger partial charge in [0.05, 0.1) is 20.5 Å². The molecule has 0 aromatic heterocycles. The van der Waals surface area contributed by atoms with Gasteiger partial charge >= 0.3 is 0 Å². The van der Waals surface area contributed by atoms with Gasteiger partial charge in [-0.25, -0.2) is 0 Å². The van der Waals surface area contributed by atoms with Gasteiger partial charge in [-0.05, 0) is 36.3 Å². The third-order valence-corrected chi connectivity index (χ3v) is 1.82. The normalized spacial score (nSPS) is 10.4. The minimum Gasteiger partial charge on any atom is -0.504 e. The van der Waals surface area contributed by atoms with Crippen LogP contribution in [0, 0.1) is 6.92 Å². The second-order valence-corrected chi connectivity index (χ2v) is 2.77. The number of methoxy groups -OCH3 is 2. The second-order valence-electron chi connectivity index (χ2n) is 2.77. The molecule has 13 heavy (non-hydrogen) atoms. The smallest absolute Gasteiger partial charge is 0.121 e. The summed E-state index contributed by atoms with van der Waals surface area (Å²) in [5.41, 5.74) is 2.24. The SMILES string of the molecule is COC=Cc1ccc(OC)c(C)c1. The Kier molecular flexibility index (Phi) is 3.38. The third-order valence-electron chi connectivity index (χ3n) is 1.82. The maximum absolute atomic E-state index is 5.15. The van der Waals surface area contributed by atoms with E-state index in [9.17, 15) is 0 Å². The fourth-order valence-corrected chi connectivity index (χ4v) is 1.15. The molecule has 0 unspecified atom stereocenters. The maximum atomic E-state index is 5.15. The molecule has 70 valence electrons. The van der Waals surface area contributed by atoms with Crippen LogP contribution in [0.15, 0.2) is 24.5 Å². The number of ether oxygens (including phenoxy) is 2. The Balaban J connectivity index is 2.89. The van der Waals surface area contributed by atoms with Gasteiger partial charge < -0.3 is 9.47 Å². The van der Waals surface area contributed by atoms with Gasteiger partial charge in [0.15, 0.2) is 0 Å². The lowest BCUT2D eigenvalue weighted by molar-refractivity contribution is 0.341. The summed E-state index contributed by atoms with van der Waals surface area (Å²) in [4.78, 5) is 0. The van der Waals surface area contributed by atoms with Crippen molar-refractivity contribution in [3.8, 4) is 5.75 Å². The van der Waals surface area contributed by atoms with Gasteiger partial charge in [-0.2, -0.15) is 0 Å². The standard InChI is InChI=1S/C11H14O2/c1-9-8-10(6-7-12-2)4-5-11(9)13-3/h4-8H,1-3H3. The first-order valence-corrected chi connectivity index (χ1v) is 4.12. The summed E-state index contributed by atoms with van der Waals surface area (Å²) in [6.45, 7) is 2.02. The zero-order valence-corrected chi connectivity index (χ0v) is 8.20. The Morgan fingerprint density at radius 3 is 2.54 bits per heavy atom. The van der Waals surface area contributed by atoms with E-state index in [1.54, 1.807) is 20.5 Å². The van der Waals surface area contributed by atoms with Gasteiger partial charge in [0.25, 0.3) is 0 Å². The summed E-state index contributed by atoms with van der Waals surface area (Å²) >= 11 is 0. The molecule has 1 aromatic carbocycles. The lowest BCUT2D eigenvalue weighted by Gasteiger charge is -2.04. The van der Waals surface area contributed by atoms with Crippen LogP contribution in [0.3, 0.4) is 0 Å². The predicted molar refractivity (Wildman–Crippen MR) is 53.8 cm³/mol. The van der Waals surface area contributed by atoms with Crippen molar-refractivity contribution in [1.29, 1.82) is 0 Å². The van der Waals surface area contributed by atoms with Gasteiger partial charge in [0, 0.05) is 0 Å². The van der Waals surface area contributed by atoms with Crippen LogP contribution in [-0.2, 0) is 4.74 Å². The fraction of sp³-hybridized carbons (Fsp3) is 0.273. The Morgan fingerprint density at radius 1 is 1.23 bits per heavy atom. The van der Waals surface area contributed by atoms with Crippen LogP contribution in [0.5, 0.6) is 5.75 Å². The van der Waals surface area contributed by atoms with Crippen LogP contribution in [0.25, 0.3) is 6.08 Å². The average molecular weight is 178 g/mol. The number of aryl methyl sites for hydroxylation is 1. The topological polar surface area (TPSA) is 18.5 Å². The average Bonchev–Trinajstić information content (AvgIpc) is 2.15. The highest BCUT2D eigenvalue weighted by molar-refractivity contribution is 5.52. The van der Waals surface area contributed by atoms with Crippen molar-refractivity contribution < 1.29 is 9.47 Å². The maximum Gasteiger partial charge on any atom is 0.121 e. The van der Waals surface area contributed by atoms with Crippen LogP contribution in [-0.4, -0.2) is 14.2 Å². The lowest BCUT2D eigenvalue weighted by Crippen LogP contribution is -1.86. The van der Waals surface area contributed by atoms with Crippen LogP contribution < -0.4 is 4.74 Å². The van der Waals surface area contributed by atoms with Crippen LogP contribution in [0.4, 0.5) is 0 Å². The highest BCUT2D eigenvalue weighted by atomic mass is 16.5. The van der Waals surface area contributed by atoms with Crippen LogP contribution >= 0.6 is 0 Å². The van der Waals surface area contributed by atoms with E-state index in [1.165, 1.54) is 0 Å². The Morgan fingerprint density at radius 2 is 2.00 bits per heavy atom. The molecule has 0 aliphatic rings. The molecular formula is C11H14O2. The van der Waals surface area contributed by atoms with Crippen LogP contribution in [0.1, 0.15) is 11.1 Å². The molecule has 1 aromatic rings. The molecule has 2 heteroatoms. The van der Waals surface area contributed by atoms with Crippen molar-refractivity contribution in [1.82, 2.24) is 0 Å². The van der Waals surface area contributed by atoms with Crippen molar-refractivity contribution in [2.45, 2.75) is 6.92 Å². The zero-order valence-electron chi connectivity index (χ0n) is 8.20. The summed E-state index contributed by atoms with van der Waals surface area (Å²) in [5.74, 6) is 0.912. The van der Waals surface area contributed by atoms with Crippen molar-refractivity contribution in [3.05, 3.63) is 35.6 Å². The quantitative estimate of drug-likeness (QED) is 0.662. The molecule has 0 aliphatic carbocycles. The molecule has 0 radical (unpaired) electrons. The molecule has 1 rings (SSSR count). The van der Waals surface area contributed by atoms with E-state index in [2.05, 4.69) is 0 Å². The first-order chi connectivity index (χ1) is 6.27. The molecule has 0 amide bonds. The molecule has 0 N–H and O–H groups in total. The number of benzene rings is 1. The van der Waals surface area contributed by atoms with Crippen molar-refractivity contribution >= 4 is 6.08 Å². The fourth-order valence-electron chi connectivity index (χ4n) is 1.15. The summed E-state index contributed by atoms with van der Waals surface area (Å²) in [6, 6.07) is 5.99. The summed E-state index contributed by atoms with van der Waals surface area (Å²) in [7, 11) is 3.31. The van der Waals surface area contributed by atoms with Gasteiger partial charge in [-0.3, -0.25) is 0 Å². The largest absolute Gasteiger partial charge is 0.504 e. The number of hydrogen-bond acceptors (Lipinski definition) is 2. The van der Waals surface area contributed by atoms with Gasteiger partial charge in [-0.1, -0.05) is 6.07 Å². The molecule has 0 saturated carbocycles. The summed E-state index contributed by atoms with van der Waals surface area (Å²) < 4.78 is 9.98. The first kappa shape index (κ1) is 9.65. The van der Waals surface area contributed by atoms with Gasteiger partial charge in [-0.15, -0.1) is 0 Å². The van der Waals surface area contributed by atoms with E-state index in [0.29, 0.717) is 0 Å². The van der Waals surface area contributed by atoms with E-state index >= 15 is 0 Å². The number of hydrogen-bond donors (Lipinski definition) is 0. The molecule has 0 fully saturated rings. The monoisotopic (exact) mass is 178 g/mol. The molecule has 0 atom stereocenters. The molecule has 0 spiro atoms. The molecule has 2 nitrogen and oxygen atoms in total. The van der Waals surface area contributed by atoms with Gasteiger partial charge in [0.1, 0.15) is 5.75 Å². The zero-order chi connectivity index (χ0) is 9.68. The highest BCUT2D eigenvalue weighted by Crippen LogP contribution is 2.18. The third kappa shape index (κ3) is 2.51. The van der Waals surface area contributed by atoms with Crippen molar-refractivity contribution in [3.63, 3.8) is 0 Å². The minimum atomic E-state index is 0.912. The molecule has 0 saturated heterocycles. The predicted octanol–water partition coefficient (Wildman–Crippen LogP) is 2.62. The molecule has 0 aliphatic heterocycles. The van der Waals surface area contributed by atoms with Crippen LogP contribution in [0.2, 0.25) is 0 Å². The Bertz CT molecular complexity index is 303. The van der Waals surface area contributed by atoms with Gasteiger partial charge in [0.2, 0.25) is 0 Å². The van der Waals surface area contributed by atoms with E-state index in [1.807, 2.05) is 31.2 Å². The molecular weight excluding hydrogens is 164 g/mol. The highest BCUT2D eigenvalue weighted by Gasteiger charge is 1.96. The second kappa shape index (κ2) is 4.55.